The summed E-state index contributed by atoms with van der Waals surface area (Å²) in [5, 5.41) is 11.0. The van der Waals surface area contributed by atoms with E-state index >= 15 is 0 Å². The molecule has 0 N–H and O–H groups in total. The van der Waals surface area contributed by atoms with Crippen LogP contribution in [0.2, 0.25) is 0 Å². The lowest BCUT2D eigenvalue weighted by Crippen LogP contribution is -2.31. The maximum absolute atomic E-state index is 11.0. The van der Waals surface area contributed by atoms with Gasteiger partial charge in [0.1, 0.15) is 6.10 Å². The number of nitrogens with zero attached hydrogens (tertiary/aromatic N) is 1. The summed E-state index contributed by atoms with van der Waals surface area (Å²) in [6.45, 7) is 9.69. The summed E-state index contributed by atoms with van der Waals surface area (Å²) in [6.07, 6.45) is 6.99. The molecule has 0 spiro atoms. The summed E-state index contributed by atoms with van der Waals surface area (Å²) in [5.41, 5.74) is 0.687. The highest BCUT2D eigenvalue weighted by Gasteiger charge is 2.29. The Labute approximate surface area is 139 Å². The van der Waals surface area contributed by atoms with E-state index < -0.39 is 6.10 Å². The predicted molar refractivity (Wildman–Crippen MR) is 93.9 cm³/mol. The van der Waals surface area contributed by atoms with E-state index in [1.807, 2.05) is 42.5 Å². The molecule has 0 aliphatic rings. The van der Waals surface area contributed by atoms with Crippen LogP contribution in [-0.2, 0) is 4.74 Å². The van der Waals surface area contributed by atoms with Gasteiger partial charge in [0.05, 0.1) is 6.10 Å². The van der Waals surface area contributed by atoms with Crippen molar-refractivity contribution in [3.05, 3.63) is 70.8 Å². The Balaban J connectivity index is 2.92. The molecule has 1 aromatic rings. The fourth-order valence-corrected chi connectivity index (χ4v) is 2.18. The van der Waals surface area contributed by atoms with Crippen molar-refractivity contribution in [1.29, 1.82) is 0 Å². The van der Waals surface area contributed by atoms with Crippen molar-refractivity contribution in [2.24, 2.45) is 5.41 Å². The molecule has 23 heavy (non-hydrogen) atoms. The Kier molecular flexibility index (Phi) is 7.69. The largest absolute Gasteiger partial charge is 0.359 e. The molecule has 0 fully saturated rings. The van der Waals surface area contributed by atoms with Crippen LogP contribution in [0.1, 0.15) is 45.3 Å². The molecule has 0 heterocycles. The average molecular weight is 317 g/mol. The fraction of sp³-hybridized carbons (Fsp3) is 0.474. The second-order valence-corrected chi connectivity index (χ2v) is 6.63. The Morgan fingerprint density at radius 2 is 1.91 bits per heavy atom. The lowest BCUT2D eigenvalue weighted by Gasteiger charge is -2.31. The maximum Gasteiger partial charge on any atom is 0.233 e. The third-order valence-corrected chi connectivity index (χ3v) is 3.50. The fourth-order valence-electron chi connectivity index (χ4n) is 2.18. The van der Waals surface area contributed by atoms with Crippen molar-refractivity contribution < 1.29 is 9.66 Å². The minimum Gasteiger partial charge on any atom is -0.359 e. The van der Waals surface area contributed by atoms with Gasteiger partial charge in [0, 0.05) is 4.92 Å². The number of hydrogen-bond acceptors (Lipinski definition) is 3. The number of rotatable bonds is 9. The summed E-state index contributed by atoms with van der Waals surface area (Å²) < 4.78 is 6.14. The van der Waals surface area contributed by atoms with Crippen LogP contribution in [-0.4, -0.2) is 17.6 Å². The molecule has 2 atom stereocenters. The Hall–Kier alpha value is -1.94. The molecule has 126 valence electrons. The second-order valence-electron chi connectivity index (χ2n) is 6.63. The monoisotopic (exact) mass is 317 g/mol. The Morgan fingerprint density at radius 3 is 2.43 bits per heavy atom. The van der Waals surface area contributed by atoms with Gasteiger partial charge in [-0.3, -0.25) is 10.1 Å². The van der Waals surface area contributed by atoms with Gasteiger partial charge in [-0.1, -0.05) is 69.3 Å². The zero-order chi connectivity index (χ0) is 17.3. The molecule has 4 heteroatoms. The minimum absolute atomic E-state index is 0.145. The molecule has 2 unspecified atom stereocenters. The summed E-state index contributed by atoms with van der Waals surface area (Å²) >= 11 is 0. The van der Waals surface area contributed by atoms with E-state index in [9.17, 15) is 10.1 Å². The normalized spacial score (nSPS) is 14.6. The first-order valence-electron chi connectivity index (χ1n) is 7.94. The van der Waals surface area contributed by atoms with Gasteiger partial charge in [-0.05, 0) is 23.8 Å². The minimum atomic E-state index is -0.556. The zero-order valence-electron chi connectivity index (χ0n) is 14.3. The number of hydrogen-bond donors (Lipinski definition) is 0. The highest BCUT2D eigenvalue weighted by molar-refractivity contribution is 5.18. The summed E-state index contributed by atoms with van der Waals surface area (Å²) in [4.78, 5) is 10.7. The molecule has 0 aromatic heterocycles. The smallest absolute Gasteiger partial charge is 0.233 e. The zero-order valence-corrected chi connectivity index (χ0v) is 14.3. The van der Waals surface area contributed by atoms with Crippen LogP contribution in [0.25, 0.3) is 0 Å². The van der Waals surface area contributed by atoms with Crippen molar-refractivity contribution in [3.63, 3.8) is 0 Å². The van der Waals surface area contributed by atoms with E-state index in [2.05, 4.69) is 33.4 Å². The highest BCUT2D eigenvalue weighted by Crippen LogP contribution is 2.29. The maximum atomic E-state index is 11.0. The molecule has 1 rings (SSSR count). The molecular formula is C19H27NO3. The van der Waals surface area contributed by atoms with Crippen LogP contribution in [0.15, 0.2) is 55.1 Å². The Morgan fingerprint density at radius 1 is 1.26 bits per heavy atom. The van der Waals surface area contributed by atoms with Gasteiger partial charge in [-0.2, -0.15) is 0 Å². The summed E-state index contributed by atoms with van der Waals surface area (Å²) in [6, 6.07) is 9.38. The van der Waals surface area contributed by atoms with Crippen LogP contribution in [0.4, 0.5) is 0 Å². The first kappa shape index (κ1) is 19.1. The predicted octanol–water partition coefficient (Wildman–Crippen LogP) is 4.96. The van der Waals surface area contributed by atoms with Crippen LogP contribution < -0.4 is 0 Å². The molecule has 1 aromatic carbocycles. The summed E-state index contributed by atoms with van der Waals surface area (Å²) in [7, 11) is 0. The first-order valence-corrected chi connectivity index (χ1v) is 7.94. The number of nitro groups is 1. The first-order chi connectivity index (χ1) is 10.8. The number of unbranched alkanes of at least 4 members (excludes halogenated alkanes) is 1. The molecule has 4 nitrogen and oxygen atoms in total. The lowest BCUT2D eigenvalue weighted by atomic mass is 9.88. The average Bonchev–Trinajstić information content (AvgIpc) is 2.48. The van der Waals surface area contributed by atoms with Crippen molar-refractivity contribution >= 4 is 0 Å². The molecule has 0 saturated heterocycles. The van der Waals surface area contributed by atoms with Crippen LogP contribution in [0.3, 0.4) is 0 Å². The van der Waals surface area contributed by atoms with Gasteiger partial charge in [0.15, 0.2) is 0 Å². The van der Waals surface area contributed by atoms with E-state index in [0.29, 0.717) is 0 Å². The third-order valence-electron chi connectivity index (χ3n) is 3.50. The lowest BCUT2D eigenvalue weighted by molar-refractivity contribution is -0.493. The van der Waals surface area contributed by atoms with Gasteiger partial charge < -0.3 is 4.74 Å². The third kappa shape index (κ3) is 7.24. The van der Waals surface area contributed by atoms with Crippen molar-refractivity contribution in [3.8, 4) is 0 Å². The molecule has 0 bridgehead atoms. The molecule has 0 saturated carbocycles. The number of allylic oxidation sites excluding steroid dienone is 2. The van der Waals surface area contributed by atoms with E-state index in [0.717, 1.165) is 18.4 Å². The van der Waals surface area contributed by atoms with Gasteiger partial charge in [0.25, 0.3) is 0 Å². The molecular weight excluding hydrogens is 290 g/mol. The standard InChI is InChI=1S/C19H27NO3/c1-5-6-7-11-14-18(19(2,3)4)23-17(15-20(21)22)16-12-9-8-10-13-16/h5,8-14,17-18H,1,6-7,15H2,2-4H3/b14-11+. The van der Waals surface area contributed by atoms with E-state index in [1.165, 1.54) is 0 Å². The van der Waals surface area contributed by atoms with Crippen LogP contribution >= 0.6 is 0 Å². The molecule has 0 amide bonds. The highest BCUT2D eigenvalue weighted by atomic mass is 16.6. The van der Waals surface area contributed by atoms with Crippen molar-refractivity contribution in [2.75, 3.05) is 6.54 Å². The van der Waals surface area contributed by atoms with Crippen molar-refractivity contribution in [2.45, 2.75) is 45.8 Å². The van der Waals surface area contributed by atoms with Gasteiger partial charge >= 0.3 is 0 Å². The topological polar surface area (TPSA) is 52.4 Å². The number of ether oxygens (including phenoxy) is 1. The molecule has 0 radical (unpaired) electrons. The van der Waals surface area contributed by atoms with E-state index in [1.54, 1.807) is 0 Å². The number of benzene rings is 1. The van der Waals surface area contributed by atoms with Crippen LogP contribution in [0, 0.1) is 15.5 Å². The SMILES string of the molecule is C=CCC/C=C/C(OC(C[N+](=O)[O-])c1ccccc1)C(C)(C)C. The van der Waals surface area contributed by atoms with E-state index in [4.69, 9.17) is 4.74 Å². The molecule has 0 aliphatic heterocycles. The molecule has 0 aliphatic carbocycles. The van der Waals surface area contributed by atoms with Gasteiger partial charge in [0.2, 0.25) is 6.54 Å². The Bertz CT molecular complexity index is 517. The van der Waals surface area contributed by atoms with Gasteiger partial charge in [-0.25, -0.2) is 0 Å². The summed E-state index contributed by atoms with van der Waals surface area (Å²) in [5.74, 6) is 0. The van der Waals surface area contributed by atoms with E-state index in [-0.39, 0.29) is 23.0 Å². The quantitative estimate of drug-likeness (QED) is 0.280. The van der Waals surface area contributed by atoms with Crippen molar-refractivity contribution in [1.82, 2.24) is 0 Å². The van der Waals surface area contributed by atoms with Gasteiger partial charge in [-0.15, -0.1) is 6.58 Å². The van der Waals surface area contributed by atoms with Crippen LogP contribution in [0.5, 0.6) is 0 Å². The second kappa shape index (κ2) is 9.26.